The third-order valence-electron chi connectivity index (χ3n) is 6.25. The molecule has 4 nitrogen and oxygen atoms in total. The Morgan fingerprint density at radius 2 is 0.778 bits per heavy atom. The highest BCUT2D eigenvalue weighted by atomic mass is 15.1. The Labute approximate surface area is 282 Å². The Bertz CT molecular complexity index is 1290. The van der Waals surface area contributed by atoms with Crippen molar-refractivity contribution in [1.29, 1.82) is 0 Å². The van der Waals surface area contributed by atoms with Crippen LogP contribution < -0.4 is 0 Å². The third-order valence-corrected chi connectivity index (χ3v) is 6.25. The highest BCUT2D eigenvalue weighted by Gasteiger charge is 2.13. The van der Waals surface area contributed by atoms with E-state index >= 15 is 0 Å². The fourth-order valence-electron chi connectivity index (χ4n) is 4.21. The molecule has 0 aliphatic rings. The fraction of sp³-hybridized carbons (Fsp3) is 0.650. The molecule has 2 aromatic carbocycles. The van der Waals surface area contributed by atoms with Gasteiger partial charge in [-0.1, -0.05) is 137 Å². The lowest BCUT2D eigenvalue weighted by molar-refractivity contribution is 0.722. The van der Waals surface area contributed by atoms with Crippen molar-refractivity contribution in [2.45, 2.75) is 148 Å². The largest absolute Gasteiger partial charge is 0.331 e. The number of imidazole rings is 2. The summed E-state index contributed by atoms with van der Waals surface area (Å²) in [5.74, 6) is 6.07. The van der Waals surface area contributed by atoms with Crippen LogP contribution in [0.25, 0.3) is 22.1 Å². The van der Waals surface area contributed by atoms with Gasteiger partial charge in [0.25, 0.3) is 0 Å². The Balaban J connectivity index is -0.000000573. The standard InChI is InChI=1S/2C14H20N2.2C4H10.2C2H6.B/c1-9(2)11-6-7-13-12(8-11)15-14(10(3)4)16(13)5;1-9(2)11-6-7-12-13(8-11)16(5)14(15-12)10(3)4;2*1-4(2)3;2*1-2;/h2*6-10H,1-5H3;2*4H,1-3H3;2*1-2H3;. The van der Waals surface area contributed by atoms with E-state index in [-0.39, 0.29) is 8.41 Å². The van der Waals surface area contributed by atoms with Gasteiger partial charge in [-0.25, -0.2) is 9.97 Å². The van der Waals surface area contributed by atoms with Gasteiger partial charge in [-0.3, -0.25) is 0 Å². The zero-order chi connectivity index (χ0) is 34.9. The molecule has 0 N–H and O–H groups in total. The number of hydrogen-bond donors (Lipinski definition) is 0. The summed E-state index contributed by atoms with van der Waals surface area (Å²) in [4.78, 5) is 9.39. The normalized spacial score (nSPS) is 10.4. The number of hydrogen-bond acceptors (Lipinski definition) is 2. The fourth-order valence-corrected chi connectivity index (χ4v) is 4.21. The van der Waals surface area contributed by atoms with E-state index in [0.29, 0.717) is 23.7 Å². The molecular formula is C40H72BN4. The van der Waals surface area contributed by atoms with E-state index in [9.17, 15) is 0 Å². The molecule has 0 saturated heterocycles. The predicted octanol–water partition coefficient (Wildman–Crippen LogP) is 12.6. The molecule has 0 spiro atoms. The molecule has 255 valence electrons. The molecule has 0 saturated carbocycles. The van der Waals surface area contributed by atoms with Crippen molar-refractivity contribution < 1.29 is 0 Å². The molecule has 0 aliphatic carbocycles. The Kier molecular flexibility index (Phi) is 24.7. The molecule has 0 bridgehead atoms. The van der Waals surface area contributed by atoms with E-state index in [1.54, 1.807) is 0 Å². The maximum Gasteiger partial charge on any atom is 0.112 e. The monoisotopic (exact) mass is 620 g/mol. The molecule has 0 aliphatic heterocycles. The molecule has 0 amide bonds. The number of nitrogens with zero attached hydrogens (tertiary/aromatic N) is 4. The van der Waals surface area contributed by atoms with E-state index in [0.717, 1.165) is 34.5 Å². The van der Waals surface area contributed by atoms with Crippen molar-refractivity contribution in [3.8, 4) is 0 Å². The van der Waals surface area contributed by atoms with Gasteiger partial charge in [0.15, 0.2) is 0 Å². The van der Waals surface area contributed by atoms with Crippen LogP contribution in [0.3, 0.4) is 0 Å². The second-order valence-corrected chi connectivity index (χ2v) is 13.6. The number of rotatable bonds is 4. The molecule has 4 rings (SSSR count). The van der Waals surface area contributed by atoms with Crippen molar-refractivity contribution >= 4 is 30.5 Å². The van der Waals surface area contributed by atoms with E-state index in [2.05, 4.69) is 162 Å². The van der Waals surface area contributed by atoms with Crippen molar-refractivity contribution in [1.82, 2.24) is 19.1 Å². The van der Waals surface area contributed by atoms with Crippen LogP contribution in [0.1, 0.15) is 171 Å². The minimum absolute atomic E-state index is 0. The lowest BCUT2D eigenvalue weighted by Crippen LogP contribution is -1.99. The summed E-state index contributed by atoms with van der Waals surface area (Å²) >= 11 is 0. The number of aryl methyl sites for hydroxylation is 2. The number of benzene rings is 2. The van der Waals surface area contributed by atoms with Crippen LogP contribution in [0.15, 0.2) is 36.4 Å². The molecule has 5 heteroatoms. The van der Waals surface area contributed by atoms with Crippen molar-refractivity contribution in [3.63, 3.8) is 0 Å². The van der Waals surface area contributed by atoms with Crippen LogP contribution in [0.4, 0.5) is 0 Å². The van der Waals surface area contributed by atoms with Crippen LogP contribution in [-0.4, -0.2) is 27.5 Å². The molecular weight excluding hydrogens is 547 g/mol. The summed E-state index contributed by atoms with van der Waals surface area (Å²) in [6.07, 6.45) is 0. The van der Waals surface area contributed by atoms with E-state index in [1.807, 2.05) is 27.7 Å². The van der Waals surface area contributed by atoms with Gasteiger partial charge in [0, 0.05) is 34.3 Å². The molecule has 0 atom stereocenters. The highest BCUT2D eigenvalue weighted by molar-refractivity contribution is 5.78. The molecule has 45 heavy (non-hydrogen) atoms. The van der Waals surface area contributed by atoms with Crippen molar-refractivity contribution in [2.24, 2.45) is 25.9 Å². The van der Waals surface area contributed by atoms with Crippen LogP contribution in [0.5, 0.6) is 0 Å². The van der Waals surface area contributed by atoms with Gasteiger partial charge in [0.05, 0.1) is 22.1 Å². The van der Waals surface area contributed by atoms with Crippen LogP contribution >= 0.6 is 0 Å². The topological polar surface area (TPSA) is 35.6 Å². The minimum Gasteiger partial charge on any atom is -0.331 e. The SMILES string of the molecule is CC.CC.CC(C)C.CC(C)C.CC(C)c1ccc2c(c1)nc(C(C)C)n2C.CC(C)c1ccc2nc(C(C)C)n(C)c2c1.[B]. The molecule has 2 aromatic heterocycles. The van der Waals surface area contributed by atoms with Gasteiger partial charge < -0.3 is 9.13 Å². The first-order chi connectivity index (χ1) is 20.5. The van der Waals surface area contributed by atoms with Crippen LogP contribution in [0.2, 0.25) is 0 Å². The van der Waals surface area contributed by atoms with Gasteiger partial charge >= 0.3 is 0 Å². The lowest BCUT2D eigenvalue weighted by Gasteiger charge is -2.07. The zero-order valence-electron chi connectivity index (χ0n) is 33.3. The summed E-state index contributed by atoms with van der Waals surface area (Å²) in [7, 11) is 4.20. The van der Waals surface area contributed by atoms with Crippen LogP contribution in [-0.2, 0) is 14.1 Å². The number of aromatic nitrogens is 4. The van der Waals surface area contributed by atoms with Gasteiger partial charge in [-0.2, -0.15) is 0 Å². The predicted molar refractivity (Wildman–Crippen MR) is 207 cm³/mol. The van der Waals surface area contributed by atoms with Crippen LogP contribution in [0, 0.1) is 11.8 Å². The quantitative estimate of drug-likeness (QED) is 0.213. The summed E-state index contributed by atoms with van der Waals surface area (Å²) in [6.45, 7) is 38.6. The highest BCUT2D eigenvalue weighted by Crippen LogP contribution is 2.25. The summed E-state index contributed by atoms with van der Waals surface area (Å²) in [5, 5.41) is 0. The molecule has 4 aromatic rings. The first kappa shape index (κ1) is 46.9. The van der Waals surface area contributed by atoms with E-state index < -0.39 is 0 Å². The summed E-state index contributed by atoms with van der Waals surface area (Å²) < 4.78 is 4.41. The van der Waals surface area contributed by atoms with Gasteiger partial charge in [-0.15, -0.1) is 0 Å². The Morgan fingerprint density at radius 3 is 1.16 bits per heavy atom. The molecule has 0 fully saturated rings. The van der Waals surface area contributed by atoms with Gasteiger partial charge in [-0.05, 0) is 59.1 Å². The summed E-state index contributed by atoms with van der Waals surface area (Å²) in [6, 6.07) is 13.2. The molecule has 2 heterocycles. The maximum absolute atomic E-state index is 4.72. The summed E-state index contributed by atoms with van der Waals surface area (Å²) in [5.41, 5.74) is 7.45. The Morgan fingerprint density at radius 1 is 0.444 bits per heavy atom. The minimum atomic E-state index is 0. The average molecular weight is 620 g/mol. The van der Waals surface area contributed by atoms with E-state index in [1.165, 1.54) is 22.2 Å². The second kappa shape index (κ2) is 23.7. The smallest absolute Gasteiger partial charge is 0.112 e. The van der Waals surface area contributed by atoms with Crippen molar-refractivity contribution in [2.75, 3.05) is 0 Å². The molecule has 3 radical (unpaired) electrons. The first-order valence-electron chi connectivity index (χ1n) is 17.4. The molecule has 0 unspecified atom stereocenters. The van der Waals surface area contributed by atoms with Crippen molar-refractivity contribution in [3.05, 3.63) is 59.2 Å². The maximum atomic E-state index is 4.72. The van der Waals surface area contributed by atoms with E-state index in [4.69, 9.17) is 4.98 Å². The Hall–Kier alpha value is -2.56. The van der Waals surface area contributed by atoms with Gasteiger partial charge in [0.2, 0.25) is 0 Å². The number of fused-ring (bicyclic) bond motifs is 2. The first-order valence-corrected chi connectivity index (χ1v) is 17.4. The third kappa shape index (κ3) is 16.0. The lowest BCUT2D eigenvalue weighted by atomic mass is 10.0. The van der Waals surface area contributed by atoms with Gasteiger partial charge in [0.1, 0.15) is 11.6 Å². The zero-order valence-corrected chi connectivity index (χ0v) is 33.3. The average Bonchev–Trinajstić information content (AvgIpc) is 3.47. The second-order valence-electron chi connectivity index (χ2n) is 13.6.